The molecule has 1 aromatic carbocycles. The van der Waals surface area contributed by atoms with Crippen molar-refractivity contribution in [1.82, 2.24) is 15.6 Å². The van der Waals surface area contributed by atoms with E-state index in [0.29, 0.717) is 38.1 Å². The summed E-state index contributed by atoms with van der Waals surface area (Å²) in [4.78, 5) is 31.0. The van der Waals surface area contributed by atoms with Crippen LogP contribution in [0.4, 0.5) is 0 Å². The van der Waals surface area contributed by atoms with Gasteiger partial charge in [0, 0.05) is 29.8 Å². The van der Waals surface area contributed by atoms with Crippen LogP contribution in [0.5, 0.6) is 5.88 Å². The maximum atomic E-state index is 13.2. The average molecular weight is 536 g/mol. The summed E-state index contributed by atoms with van der Waals surface area (Å²) < 4.78 is 36.4. The molecule has 0 bridgehead atoms. The minimum absolute atomic E-state index is 0.275. The summed E-state index contributed by atoms with van der Waals surface area (Å²) in [7, 11) is -3.48. The summed E-state index contributed by atoms with van der Waals surface area (Å²) in [5.41, 5.74) is 0.360. The highest BCUT2D eigenvalue weighted by atomic mass is 32.2. The average Bonchev–Trinajstić information content (AvgIpc) is 3.76. The third-order valence-corrected chi connectivity index (χ3v) is 9.87. The largest absolute Gasteiger partial charge is 0.472 e. The molecule has 0 radical (unpaired) electrons. The molecule has 0 spiro atoms. The Morgan fingerprint density at radius 3 is 2.79 bits per heavy atom. The molecule has 2 N–H and O–H groups in total. The number of aromatic nitrogens is 1. The van der Waals surface area contributed by atoms with Crippen LogP contribution in [0.25, 0.3) is 22.0 Å². The molecule has 3 fully saturated rings. The minimum Gasteiger partial charge on any atom is -0.472 e. The molecule has 2 saturated carbocycles. The van der Waals surface area contributed by atoms with Crippen molar-refractivity contribution in [1.29, 1.82) is 0 Å². The molecule has 198 valence electrons. The zero-order chi connectivity index (χ0) is 26.5. The number of furan rings is 1. The van der Waals surface area contributed by atoms with E-state index in [-0.39, 0.29) is 17.9 Å². The molecule has 6 rings (SSSR count). The maximum Gasteiger partial charge on any atom is 0.238 e. The summed E-state index contributed by atoms with van der Waals surface area (Å²) >= 11 is 0. The second-order valence-corrected chi connectivity index (χ2v) is 12.7. The lowest BCUT2D eigenvalue weighted by Gasteiger charge is -2.20. The molecular formula is C28H29N3O6S. The van der Waals surface area contributed by atoms with Gasteiger partial charge in [0.25, 0.3) is 0 Å². The van der Waals surface area contributed by atoms with Gasteiger partial charge < -0.3 is 19.8 Å². The van der Waals surface area contributed by atoms with E-state index in [4.69, 9.17) is 14.1 Å². The van der Waals surface area contributed by atoms with E-state index in [2.05, 4.69) is 17.2 Å². The Kier molecular flexibility index (Phi) is 6.11. The van der Waals surface area contributed by atoms with Crippen LogP contribution in [0, 0.1) is 5.92 Å². The molecule has 1 saturated heterocycles. The molecule has 2 aromatic heterocycles. The monoisotopic (exact) mass is 535 g/mol. The third kappa shape index (κ3) is 4.63. The van der Waals surface area contributed by atoms with Gasteiger partial charge in [-0.1, -0.05) is 24.3 Å². The first-order valence-electron chi connectivity index (χ1n) is 12.8. The van der Waals surface area contributed by atoms with Crippen LogP contribution in [0.3, 0.4) is 0 Å². The van der Waals surface area contributed by atoms with Gasteiger partial charge in [0.05, 0.1) is 29.5 Å². The van der Waals surface area contributed by atoms with Gasteiger partial charge in [-0.25, -0.2) is 13.4 Å². The zero-order valence-electron chi connectivity index (χ0n) is 20.8. The number of ketones is 1. The molecule has 0 unspecified atom stereocenters. The number of carbonyl (C=O) groups is 2. The van der Waals surface area contributed by atoms with E-state index in [1.54, 1.807) is 18.6 Å². The van der Waals surface area contributed by atoms with Crippen molar-refractivity contribution in [3.8, 4) is 17.1 Å². The summed E-state index contributed by atoms with van der Waals surface area (Å²) in [6.07, 6.45) is 6.44. The Morgan fingerprint density at radius 1 is 1.26 bits per heavy atom. The van der Waals surface area contributed by atoms with Gasteiger partial charge in [-0.2, -0.15) is 0 Å². The lowest BCUT2D eigenvalue weighted by atomic mass is 10.1. The second kappa shape index (κ2) is 9.36. The van der Waals surface area contributed by atoms with Crippen molar-refractivity contribution in [3.63, 3.8) is 0 Å². The number of sulfone groups is 1. The van der Waals surface area contributed by atoms with Crippen molar-refractivity contribution < 1.29 is 27.2 Å². The minimum atomic E-state index is -3.48. The van der Waals surface area contributed by atoms with Crippen LogP contribution < -0.4 is 15.4 Å². The normalized spacial score (nSPS) is 26.7. The number of pyridine rings is 1. The number of amides is 1. The lowest BCUT2D eigenvalue weighted by molar-refractivity contribution is -0.129. The number of hydrogen-bond donors (Lipinski definition) is 2. The van der Waals surface area contributed by atoms with E-state index in [9.17, 15) is 18.0 Å². The van der Waals surface area contributed by atoms with Crippen LogP contribution in [0.1, 0.15) is 25.7 Å². The predicted octanol–water partition coefficient (Wildman–Crippen LogP) is 2.81. The quantitative estimate of drug-likeness (QED) is 0.380. The molecule has 9 nitrogen and oxygen atoms in total. The Morgan fingerprint density at radius 2 is 2.08 bits per heavy atom. The molecule has 1 aliphatic heterocycles. The van der Waals surface area contributed by atoms with Gasteiger partial charge >= 0.3 is 0 Å². The third-order valence-electron chi connectivity index (χ3n) is 7.72. The number of ether oxygens (including phenoxy) is 1. The van der Waals surface area contributed by atoms with E-state index < -0.39 is 38.2 Å². The lowest BCUT2D eigenvalue weighted by Crippen LogP contribution is -2.52. The van der Waals surface area contributed by atoms with Crippen LogP contribution in [-0.2, 0) is 19.4 Å². The van der Waals surface area contributed by atoms with Crippen molar-refractivity contribution in [3.05, 3.63) is 61.6 Å². The smallest absolute Gasteiger partial charge is 0.238 e. The molecule has 38 heavy (non-hydrogen) atoms. The zero-order valence-corrected chi connectivity index (χ0v) is 21.6. The van der Waals surface area contributed by atoms with Gasteiger partial charge in [0.15, 0.2) is 15.6 Å². The molecule has 3 aromatic rings. The first kappa shape index (κ1) is 24.8. The number of hydrogen-bond acceptors (Lipinski definition) is 8. The van der Waals surface area contributed by atoms with Gasteiger partial charge in [-0.15, -0.1) is 6.58 Å². The number of carbonyl (C=O) groups excluding carboxylic acids is 2. The Hall–Kier alpha value is -3.50. The number of Topliss-reactive ketones (excluding diaryl/α,β-unsaturated/α-hetero) is 1. The van der Waals surface area contributed by atoms with Crippen molar-refractivity contribution >= 4 is 32.3 Å². The van der Waals surface area contributed by atoms with Gasteiger partial charge in [-0.05, 0) is 42.8 Å². The molecule has 3 aliphatic rings. The summed E-state index contributed by atoms with van der Waals surface area (Å²) in [6, 6.07) is 11.0. The number of benzene rings is 1. The number of nitrogens with zero attached hydrogens (tertiary/aromatic N) is 1. The molecule has 3 heterocycles. The molecule has 1 amide bonds. The predicted molar refractivity (Wildman–Crippen MR) is 141 cm³/mol. The molecule has 10 heteroatoms. The van der Waals surface area contributed by atoms with Crippen LogP contribution in [0.2, 0.25) is 0 Å². The van der Waals surface area contributed by atoms with E-state index in [1.165, 1.54) is 0 Å². The summed E-state index contributed by atoms with van der Waals surface area (Å²) in [5, 5.41) is 7.45. The van der Waals surface area contributed by atoms with E-state index >= 15 is 0 Å². The van der Waals surface area contributed by atoms with Crippen molar-refractivity contribution in [2.45, 2.75) is 48.6 Å². The van der Waals surface area contributed by atoms with Crippen LogP contribution in [-0.4, -0.2) is 60.3 Å². The van der Waals surface area contributed by atoms with E-state index in [0.717, 1.165) is 22.0 Å². The standard InChI is InChI=1S/C28H29N3O6S/c1-2-19-13-28(19,25(32)16-38(34,35)21-7-8-21)31-26(33)24-12-20(14-29-24)37-27-22-6-4-3-5-17(22)11-23(30-27)18-9-10-36-15-18/h2-6,9-11,15,19-21,24,29H,1,7-8,12-14,16H2,(H,31,33)/t19-,20-,24+,28-/m1/s1. The topological polar surface area (TPSA) is 128 Å². The Balaban J connectivity index is 1.15. The van der Waals surface area contributed by atoms with Gasteiger partial charge in [-0.3, -0.25) is 9.59 Å². The number of nitrogens with one attached hydrogen (secondary N) is 2. The second-order valence-electron chi connectivity index (χ2n) is 10.4. The highest BCUT2D eigenvalue weighted by molar-refractivity contribution is 7.93. The van der Waals surface area contributed by atoms with Gasteiger partial charge in [0.1, 0.15) is 17.4 Å². The first-order valence-corrected chi connectivity index (χ1v) is 14.5. The van der Waals surface area contributed by atoms with Crippen LogP contribution >= 0.6 is 0 Å². The number of rotatable bonds is 10. The summed E-state index contributed by atoms with van der Waals surface area (Å²) in [5.74, 6) is -1.15. The molecule has 2 aliphatic carbocycles. The number of fused-ring (bicyclic) bond motifs is 1. The maximum absolute atomic E-state index is 13.2. The van der Waals surface area contributed by atoms with Crippen molar-refractivity contribution in [2.75, 3.05) is 12.3 Å². The SMILES string of the molecule is C=C[C@@H]1C[C@]1(NC(=O)[C@@H]1C[C@@H](Oc2nc(-c3ccoc3)cc3ccccc23)CN1)C(=O)CS(=O)(=O)C1CC1. The fraction of sp³-hybridized carbons (Fsp3) is 0.393. The highest BCUT2D eigenvalue weighted by Crippen LogP contribution is 2.46. The van der Waals surface area contributed by atoms with Crippen LogP contribution in [0.15, 0.2) is 66.0 Å². The fourth-order valence-electron chi connectivity index (χ4n) is 5.24. The first-order chi connectivity index (χ1) is 18.3. The van der Waals surface area contributed by atoms with E-state index in [1.807, 2.05) is 36.4 Å². The highest BCUT2D eigenvalue weighted by Gasteiger charge is 2.60. The Bertz CT molecular complexity index is 1510. The van der Waals surface area contributed by atoms with Gasteiger partial charge in [0.2, 0.25) is 11.8 Å². The Labute approximate surface area is 220 Å². The fourth-order valence-corrected chi connectivity index (χ4v) is 6.95. The molecule has 4 atom stereocenters. The summed E-state index contributed by atoms with van der Waals surface area (Å²) in [6.45, 7) is 4.18. The molecular weight excluding hydrogens is 506 g/mol. The van der Waals surface area contributed by atoms with Crippen molar-refractivity contribution in [2.24, 2.45) is 5.92 Å².